The number of thiophene rings is 1. The van der Waals surface area contributed by atoms with Crippen LogP contribution in [-0.2, 0) is 22.4 Å². The Kier molecular flexibility index (Phi) is 7.19. The Labute approximate surface area is 169 Å². The number of thiazole rings is 1. The topological polar surface area (TPSA) is 59.1 Å². The number of aryl methyl sites for hydroxylation is 2. The molecule has 27 heavy (non-hydrogen) atoms. The van der Waals surface area contributed by atoms with Crippen molar-refractivity contribution in [2.45, 2.75) is 71.1 Å². The number of rotatable bonds is 3. The van der Waals surface area contributed by atoms with Crippen LogP contribution in [0.3, 0.4) is 0 Å². The zero-order valence-electron chi connectivity index (χ0n) is 16.0. The van der Waals surface area contributed by atoms with Crippen LogP contribution in [0.25, 0.3) is 10.6 Å². The van der Waals surface area contributed by atoms with E-state index in [0.717, 1.165) is 41.4 Å². The predicted molar refractivity (Wildman–Crippen MR) is 114 cm³/mol. The molecule has 4 rings (SSSR count). The maximum atomic E-state index is 12.8. The SMILES string of the molecule is C=O.Cc1csc(-c2c(NC(=O)C3CCCCC3)sc3c2CCCCC3)n1. The molecule has 0 radical (unpaired) electrons. The summed E-state index contributed by atoms with van der Waals surface area (Å²) < 4.78 is 0. The van der Waals surface area contributed by atoms with Crippen molar-refractivity contribution >= 4 is 40.4 Å². The van der Waals surface area contributed by atoms with Crippen LogP contribution in [0.5, 0.6) is 0 Å². The van der Waals surface area contributed by atoms with Crippen molar-refractivity contribution in [3.8, 4) is 10.6 Å². The third-order valence-electron chi connectivity index (χ3n) is 5.47. The highest BCUT2D eigenvalue weighted by atomic mass is 32.1. The molecule has 2 aromatic heterocycles. The molecule has 4 nitrogen and oxygen atoms in total. The van der Waals surface area contributed by atoms with Gasteiger partial charge in [0.05, 0.1) is 0 Å². The van der Waals surface area contributed by atoms with E-state index in [2.05, 4.69) is 10.7 Å². The van der Waals surface area contributed by atoms with Crippen molar-refractivity contribution in [2.24, 2.45) is 5.92 Å². The summed E-state index contributed by atoms with van der Waals surface area (Å²) in [6.07, 6.45) is 11.8. The minimum absolute atomic E-state index is 0.196. The molecule has 0 bridgehead atoms. The maximum absolute atomic E-state index is 12.8. The molecule has 0 aromatic carbocycles. The van der Waals surface area contributed by atoms with Crippen LogP contribution in [0.2, 0.25) is 0 Å². The van der Waals surface area contributed by atoms with Gasteiger partial charge in [0.2, 0.25) is 5.91 Å². The first-order valence-corrected chi connectivity index (χ1v) is 11.6. The summed E-state index contributed by atoms with van der Waals surface area (Å²) >= 11 is 3.51. The van der Waals surface area contributed by atoms with Crippen LogP contribution in [-0.4, -0.2) is 17.7 Å². The molecule has 0 unspecified atom stereocenters. The first-order chi connectivity index (χ1) is 13.2. The van der Waals surface area contributed by atoms with E-state index in [0.29, 0.717) is 0 Å². The molecule has 1 N–H and O–H groups in total. The van der Waals surface area contributed by atoms with Gasteiger partial charge in [-0.2, -0.15) is 0 Å². The van der Waals surface area contributed by atoms with Gasteiger partial charge in [-0.05, 0) is 51.0 Å². The van der Waals surface area contributed by atoms with Crippen molar-refractivity contribution in [3.05, 3.63) is 21.5 Å². The second-order valence-corrected chi connectivity index (χ2v) is 9.35. The molecule has 1 amide bonds. The number of nitrogens with zero attached hydrogens (tertiary/aromatic N) is 1. The summed E-state index contributed by atoms with van der Waals surface area (Å²) in [5.74, 6) is 0.423. The highest BCUT2D eigenvalue weighted by Gasteiger charge is 2.27. The Morgan fingerprint density at radius 3 is 2.52 bits per heavy atom. The number of fused-ring (bicyclic) bond motifs is 1. The van der Waals surface area contributed by atoms with Crippen molar-refractivity contribution in [2.75, 3.05) is 5.32 Å². The van der Waals surface area contributed by atoms with Crippen LogP contribution in [0.1, 0.15) is 67.5 Å². The Bertz CT molecular complexity index is 775. The van der Waals surface area contributed by atoms with Gasteiger partial charge in [0.25, 0.3) is 0 Å². The first kappa shape index (κ1) is 20.2. The third kappa shape index (κ3) is 4.66. The minimum Gasteiger partial charge on any atom is -0.317 e. The quantitative estimate of drug-likeness (QED) is 0.659. The Balaban J connectivity index is 0.00000102. The predicted octanol–water partition coefficient (Wildman–Crippen LogP) is 5.78. The van der Waals surface area contributed by atoms with Crippen molar-refractivity contribution < 1.29 is 9.59 Å². The summed E-state index contributed by atoms with van der Waals surface area (Å²) in [5.41, 5.74) is 3.75. The lowest BCUT2D eigenvalue weighted by molar-refractivity contribution is -0.120. The highest BCUT2D eigenvalue weighted by Crippen LogP contribution is 2.45. The van der Waals surface area contributed by atoms with E-state index >= 15 is 0 Å². The van der Waals surface area contributed by atoms with Gasteiger partial charge in [0.1, 0.15) is 16.8 Å². The van der Waals surface area contributed by atoms with E-state index < -0.39 is 0 Å². The number of carbonyl (C=O) groups is 2. The first-order valence-electron chi connectivity index (χ1n) is 9.89. The maximum Gasteiger partial charge on any atom is 0.228 e. The van der Waals surface area contributed by atoms with Crippen LogP contribution in [0.4, 0.5) is 5.00 Å². The Morgan fingerprint density at radius 2 is 1.81 bits per heavy atom. The monoisotopic (exact) mass is 404 g/mol. The number of nitrogens with one attached hydrogen (secondary N) is 1. The molecule has 6 heteroatoms. The van der Waals surface area contributed by atoms with Gasteiger partial charge in [-0.25, -0.2) is 4.98 Å². The largest absolute Gasteiger partial charge is 0.317 e. The summed E-state index contributed by atoms with van der Waals surface area (Å²) in [6.45, 7) is 4.05. The van der Waals surface area contributed by atoms with Gasteiger partial charge in [-0.15, -0.1) is 22.7 Å². The molecule has 0 saturated heterocycles. The summed E-state index contributed by atoms with van der Waals surface area (Å²) in [5, 5.41) is 7.56. The second-order valence-electron chi connectivity index (χ2n) is 7.39. The van der Waals surface area contributed by atoms with Crippen molar-refractivity contribution in [1.29, 1.82) is 0 Å². The fraction of sp³-hybridized carbons (Fsp3) is 0.571. The van der Waals surface area contributed by atoms with Crippen molar-refractivity contribution in [3.63, 3.8) is 0 Å². The molecule has 0 atom stereocenters. The van der Waals surface area contributed by atoms with E-state index in [4.69, 9.17) is 9.78 Å². The fourth-order valence-corrected chi connectivity index (χ4v) is 6.34. The Hall–Kier alpha value is -1.53. The average Bonchev–Trinajstić information content (AvgIpc) is 3.19. The van der Waals surface area contributed by atoms with E-state index in [1.54, 1.807) is 22.7 Å². The highest BCUT2D eigenvalue weighted by molar-refractivity contribution is 7.18. The second kappa shape index (κ2) is 9.60. The molecule has 1 fully saturated rings. The normalized spacial score (nSPS) is 17.4. The number of carbonyl (C=O) groups excluding carboxylic acids is 2. The van der Waals surface area contributed by atoms with Gasteiger partial charge >= 0.3 is 0 Å². The standard InChI is InChI=1S/C20H26N2OS2.CH2O/c1-13-12-24-19(21-13)17-15-10-6-3-7-11-16(15)25-20(17)22-18(23)14-8-4-2-5-9-14;1-2/h12,14H,2-11H2,1H3,(H,22,23);1H2. The third-order valence-corrected chi connectivity index (χ3v) is 7.65. The fourth-order valence-electron chi connectivity index (χ4n) is 4.10. The van der Waals surface area contributed by atoms with E-state index in [1.807, 2.05) is 13.7 Å². The molecule has 2 aromatic rings. The molecule has 0 aliphatic heterocycles. The summed E-state index contributed by atoms with van der Waals surface area (Å²) in [6, 6.07) is 0. The number of aromatic nitrogens is 1. The zero-order valence-corrected chi connectivity index (χ0v) is 17.6. The van der Waals surface area contributed by atoms with Crippen LogP contribution in [0, 0.1) is 12.8 Å². The molecule has 2 heterocycles. The van der Waals surface area contributed by atoms with E-state index in [1.165, 1.54) is 54.5 Å². The summed E-state index contributed by atoms with van der Waals surface area (Å²) in [4.78, 5) is 27.0. The minimum atomic E-state index is 0.196. The lowest BCUT2D eigenvalue weighted by Gasteiger charge is -2.20. The van der Waals surface area contributed by atoms with Gasteiger partial charge in [-0.3, -0.25) is 4.79 Å². The molecule has 2 aliphatic carbocycles. The molecule has 2 aliphatic rings. The molecular formula is C21H28N2O2S2. The lowest BCUT2D eigenvalue weighted by atomic mass is 9.89. The number of amides is 1. The van der Waals surface area contributed by atoms with Crippen LogP contribution >= 0.6 is 22.7 Å². The summed E-state index contributed by atoms with van der Waals surface area (Å²) in [7, 11) is 0. The Morgan fingerprint density at radius 1 is 1.11 bits per heavy atom. The smallest absolute Gasteiger partial charge is 0.228 e. The van der Waals surface area contributed by atoms with E-state index in [9.17, 15) is 4.79 Å². The van der Waals surface area contributed by atoms with Gasteiger partial charge in [0.15, 0.2) is 0 Å². The van der Waals surface area contributed by atoms with Crippen LogP contribution in [0.15, 0.2) is 5.38 Å². The number of hydrogen-bond acceptors (Lipinski definition) is 5. The molecule has 1 saturated carbocycles. The van der Waals surface area contributed by atoms with Gasteiger partial charge in [0, 0.05) is 27.4 Å². The van der Waals surface area contributed by atoms with Crippen LogP contribution < -0.4 is 5.32 Å². The number of anilines is 1. The lowest BCUT2D eigenvalue weighted by Crippen LogP contribution is -2.24. The van der Waals surface area contributed by atoms with Gasteiger partial charge < -0.3 is 10.1 Å². The molecular weight excluding hydrogens is 376 g/mol. The molecule has 146 valence electrons. The average molecular weight is 405 g/mol. The number of hydrogen-bond donors (Lipinski definition) is 1. The van der Waals surface area contributed by atoms with E-state index in [-0.39, 0.29) is 11.8 Å². The van der Waals surface area contributed by atoms with Crippen molar-refractivity contribution in [1.82, 2.24) is 4.98 Å². The van der Waals surface area contributed by atoms with Gasteiger partial charge in [-0.1, -0.05) is 25.7 Å². The zero-order chi connectivity index (χ0) is 19.2. The molecule has 0 spiro atoms.